The fourth-order valence-corrected chi connectivity index (χ4v) is 3.15. The highest BCUT2D eigenvalue weighted by atomic mass is 19.1. The second kappa shape index (κ2) is 16.3. The number of amides is 2. The van der Waals surface area contributed by atoms with Gasteiger partial charge in [0.15, 0.2) is 0 Å². The molecule has 36 heavy (non-hydrogen) atoms. The van der Waals surface area contributed by atoms with Gasteiger partial charge in [0, 0.05) is 26.1 Å². The van der Waals surface area contributed by atoms with Crippen molar-refractivity contribution in [1.29, 1.82) is 0 Å². The van der Waals surface area contributed by atoms with Crippen molar-refractivity contribution in [2.24, 2.45) is 11.7 Å². The van der Waals surface area contributed by atoms with Gasteiger partial charge in [-0.05, 0) is 68.0 Å². The number of hydrogen-bond donors (Lipinski definition) is 5. The maximum Gasteiger partial charge on any atom is 0.335 e. The molecule has 0 aromatic heterocycles. The number of rotatable bonds is 12. The Bertz CT molecular complexity index is 986. The van der Waals surface area contributed by atoms with E-state index in [1.54, 1.807) is 24.3 Å². The number of aliphatic hydroxyl groups is 1. The first kappa shape index (κ1) is 30.7. The van der Waals surface area contributed by atoms with E-state index in [1.807, 2.05) is 13.8 Å². The summed E-state index contributed by atoms with van der Waals surface area (Å²) in [7, 11) is 0. The minimum atomic E-state index is -1.20. The third-order valence-electron chi connectivity index (χ3n) is 5.16. The molecule has 2 rings (SSSR count). The van der Waals surface area contributed by atoms with Gasteiger partial charge in [-0.3, -0.25) is 9.59 Å². The van der Waals surface area contributed by atoms with Crippen LogP contribution in [0.4, 0.5) is 8.78 Å². The van der Waals surface area contributed by atoms with Gasteiger partial charge in [0.2, 0.25) is 11.8 Å². The van der Waals surface area contributed by atoms with E-state index >= 15 is 0 Å². The average molecular weight is 508 g/mol. The summed E-state index contributed by atoms with van der Waals surface area (Å²) in [5.41, 5.74) is 6.84. The van der Waals surface area contributed by atoms with E-state index < -0.39 is 29.6 Å². The van der Waals surface area contributed by atoms with E-state index in [4.69, 9.17) is 10.8 Å². The number of carboxylic acids is 1. The van der Waals surface area contributed by atoms with Gasteiger partial charge in [-0.2, -0.15) is 0 Å². The summed E-state index contributed by atoms with van der Waals surface area (Å²) in [6.45, 7) is 4.45. The Kier molecular flexibility index (Phi) is 13.9. The highest BCUT2D eigenvalue weighted by molar-refractivity contribution is 5.87. The van der Waals surface area contributed by atoms with Crippen LogP contribution in [0.2, 0.25) is 0 Å². The van der Waals surface area contributed by atoms with E-state index in [0.717, 1.165) is 23.8 Å². The SMILES string of the molecule is CC(CC(=O)NCCCCNC(=O)[C@@H](O)CN)Cc1cc(F)ccc1F.Cc1ccc(C(=O)O)cc1. The minimum absolute atomic E-state index is 0.122. The van der Waals surface area contributed by atoms with Crippen LogP contribution in [-0.2, 0) is 16.0 Å². The molecule has 0 aliphatic heterocycles. The number of carbonyl (C=O) groups excluding carboxylic acids is 2. The molecule has 2 atom stereocenters. The molecule has 0 saturated carbocycles. The number of carbonyl (C=O) groups is 3. The predicted octanol–water partition coefficient (Wildman–Crippen LogP) is 2.56. The molecule has 6 N–H and O–H groups in total. The molecule has 0 radical (unpaired) electrons. The number of benzene rings is 2. The van der Waals surface area contributed by atoms with Crippen LogP contribution in [-0.4, -0.2) is 53.7 Å². The summed E-state index contributed by atoms with van der Waals surface area (Å²) in [5, 5.41) is 23.0. The molecule has 0 spiro atoms. The Hall–Kier alpha value is -3.37. The van der Waals surface area contributed by atoms with E-state index in [9.17, 15) is 28.3 Å². The molecule has 2 aromatic rings. The molecule has 8 nitrogen and oxygen atoms in total. The second-order valence-corrected chi connectivity index (χ2v) is 8.52. The van der Waals surface area contributed by atoms with Crippen LogP contribution in [0.1, 0.15) is 47.7 Å². The number of hydrogen-bond acceptors (Lipinski definition) is 5. The number of aryl methyl sites for hydroxylation is 1. The molecule has 2 amide bonds. The van der Waals surface area contributed by atoms with Crippen molar-refractivity contribution in [2.45, 2.75) is 45.6 Å². The van der Waals surface area contributed by atoms with Crippen LogP contribution in [0.25, 0.3) is 0 Å². The normalized spacial score (nSPS) is 12.1. The second-order valence-electron chi connectivity index (χ2n) is 8.52. The summed E-state index contributed by atoms with van der Waals surface area (Å²) in [4.78, 5) is 33.5. The lowest BCUT2D eigenvalue weighted by molar-refractivity contribution is -0.128. The number of unbranched alkanes of at least 4 members (excludes halogenated alkanes) is 1. The monoisotopic (exact) mass is 507 g/mol. The van der Waals surface area contributed by atoms with Crippen LogP contribution in [0.5, 0.6) is 0 Å². The fraction of sp³-hybridized carbons (Fsp3) is 0.423. The third-order valence-corrected chi connectivity index (χ3v) is 5.16. The van der Waals surface area contributed by atoms with E-state index in [1.165, 1.54) is 0 Å². The Morgan fingerprint density at radius 1 is 1.00 bits per heavy atom. The lowest BCUT2D eigenvalue weighted by Crippen LogP contribution is -2.39. The first-order chi connectivity index (χ1) is 17.0. The summed E-state index contributed by atoms with van der Waals surface area (Å²) < 4.78 is 26.7. The zero-order valence-corrected chi connectivity index (χ0v) is 20.6. The first-order valence-electron chi connectivity index (χ1n) is 11.7. The van der Waals surface area contributed by atoms with Gasteiger partial charge < -0.3 is 26.6 Å². The van der Waals surface area contributed by atoms with Crippen LogP contribution in [0.15, 0.2) is 42.5 Å². The number of nitrogens with one attached hydrogen (secondary N) is 2. The number of nitrogens with two attached hydrogens (primary N) is 1. The molecule has 10 heteroatoms. The van der Waals surface area contributed by atoms with Crippen molar-refractivity contribution in [1.82, 2.24) is 10.6 Å². The molecular formula is C26H35F2N3O5. The van der Waals surface area contributed by atoms with Crippen molar-refractivity contribution in [3.8, 4) is 0 Å². The Morgan fingerprint density at radius 2 is 1.61 bits per heavy atom. The highest BCUT2D eigenvalue weighted by Gasteiger charge is 2.13. The number of aliphatic hydroxyl groups excluding tert-OH is 1. The maximum absolute atomic E-state index is 13.6. The molecule has 2 aromatic carbocycles. The average Bonchev–Trinajstić information content (AvgIpc) is 2.83. The Labute approximate surface area is 209 Å². The molecule has 0 bridgehead atoms. The zero-order valence-electron chi connectivity index (χ0n) is 20.6. The quantitative estimate of drug-likeness (QED) is 0.280. The summed E-state index contributed by atoms with van der Waals surface area (Å²) in [6, 6.07) is 10.1. The van der Waals surface area contributed by atoms with Gasteiger partial charge in [0.1, 0.15) is 17.7 Å². The van der Waals surface area contributed by atoms with Crippen LogP contribution < -0.4 is 16.4 Å². The van der Waals surface area contributed by atoms with Crippen LogP contribution in [0, 0.1) is 24.5 Å². The lowest BCUT2D eigenvalue weighted by atomic mass is 9.97. The molecule has 0 heterocycles. The number of aromatic carboxylic acids is 1. The molecule has 0 aliphatic rings. The van der Waals surface area contributed by atoms with Gasteiger partial charge in [-0.25, -0.2) is 13.6 Å². The lowest BCUT2D eigenvalue weighted by Gasteiger charge is -2.13. The molecule has 0 aliphatic carbocycles. The van der Waals surface area contributed by atoms with Crippen molar-refractivity contribution < 1.29 is 33.4 Å². The van der Waals surface area contributed by atoms with Gasteiger partial charge in [-0.15, -0.1) is 0 Å². The van der Waals surface area contributed by atoms with Gasteiger partial charge in [0.05, 0.1) is 5.56 Å². The zero-order chi connectivity index (χ0) is 27.1. The first-order valence-corrected chi connectivity index (χ1v) is 11.7. The molecule has 1 unspecified atom stereocenters. The van der Waals surface area contributed by atoms with E-state index in [2.05, 4.69) is 10.6 Å². The molecule has 0 saturated heterocycles. The smallest absolute Gasteiger partial charge is 0.335 e. The Morgan fingerprint density at radius 3 is 2.19 bits per heavy atom. The molecule has 0 fully saturated rings. The third kappa shape index (κ3) is 12.4. The van der Waals surface area contributed by atoms with Gasteiger partial charge in [-0.1, -0.05) is 24.6 Å². The van der Waals surface area contributed by atoms with E-state index in [-0.39, 0.29) is 36.8 Å². The maximum atomic E-state index is 13.6. The predicted molar refractivity (Wildman–Crippen MR) is 132 cm³/mol. The number of carboxylic acid groups (broad SMARTS) is 1. The summed E-state index contributed by atoms with van der Waals surface area (Å²) in [6.07, 6.45) is 0.617. The standard InChI is InChI=1S/C18H27F2N3O3.C8H8O2/c1-12(8-13-10-14(19)4-5-15(13)20)9-17(25)22-6-2-3-7-23-18(26)16(24)11-21;1-6-2-4-7(5-3-6)8(9)10/h4-5,10,12,16,24H,2-3,6-9,11,21H2,1H3,(H,22,25)(H,23,26);2-5H,1H3,(H,9,10)/t12?,16-;/m0./s1. The minimum Gasteiger partial charge on any atom is -0.478 e. The number of halogens is 2. The molecule has 198 valence electrons. The largest absolute Gasteiger partial charge is 0.478 e. The van der Waals surface area contributed by atoms with Crippen molar-refractivity contribution >= 4 is 17.8 Å². The molecular weight excluding hydrogens is 472 g/mol. The highest BCUT2D eigenvalue weighted by Crippen LogP contribution is 2.16. The van der Waals surface area contributed by atoms with E-state index in [0.29, 0.717) is 31.5 Å². The van der Waals surface area contributed by atoms with Crippen molar-refractivity contribution in [2.75, 3.05) is 19.6 Å². The Balaban J connectivity index is 0.000000537. The van der Waals surface area contributed by atoms with Crippen LogP contribution in [0.3, 0.4) is 0 Å². The van der Waals surface area contributed by atoms with Crippen LogP contribution >= 0.6 is 0 Å². The van der Waals surface area contributed by atoms with Gasteiger partial charge in [0.25, 0.3) is 0 Å². The topological polar surface area (TPSA) is 142 Å². The fourth-order valence-electron chi connectivity index (χ4n) is 3.15. The van der Waals surface area contributed by atoms with Gasteiger partial charge >= 0.3 is 5.97 Å². The summed E-state index contributed by atoms with van der Waals surface area (Å²) in [5.74, 6) is -2.63. The van der Waals surface area contributed by atoms with Crippen molar-refractivity contribution in [3.05, 3.63) is 70.8 Å². The summed E-state index contributed by atoms with van der Waals surface area (Å²) >= 11 is 0. The van der Waals surface area contributed by atoms with Crippen molar-refractivity contribution in [3.63, 3.8) is 0 Å².